The maximum Gasteiger partial charge on any atom is 0.354 e. The molecule has 0 aliphatic rings. The Bertz CT molecular complexity index is 524. The summed E-state index contributed by atoms with van der Waals surface area (Å²) in [6.07, 6.45) is 1.92. The van der Waals surface area contributed by atoms with E-state index < -0.39 is 5.97 Å². The number of hydrogen-bond donors (Lipinski definition) is 1. The lowest BCUT2D eigenvalue weighted by atomic mass is 10.3. The van der Waals surface area contributed by atoms with Crippen molar-refractivity contribution < 1.29 is 9.90 Å². The normalized spacial score (nSPS) is 10.3. The molecule has 0 aliphatic carbocycles. The van der Waals surface area contributed by atoms with E-state index in [1.807, 2.05) is 12.3 Å². The van der Waals surface area contributed by atoms with Gasteiger partial charge >= 0.3 is 5.97 Å². The van der Waals surface area contributed by atoms with Gasteiger partial charge in [-0.3, -0.25) is 0 Å². The van der Waals surface area contributed by atoms with Crippen LogP contribution in [0.5, 0.6) is 0 Å². The summed E-state index contributed by atoms with van der Waals surface area (Å²) in [5.41, 5.74) is 0.965. The lowest BCUT2D eigenvalue weighted by Gasteiger charge is -1.97. The molecule has 0 saturated carbocycles. The van der Waals surface area contributed by atoms with Crippen molar-refractivity contribution in [1.82, 2.24) is 15.0 Å². The highest BCUT2D eigenvalue weighted by Crippen LogP contribution is 2.12. The highest BCUT2D eigenvalue weighted by molar-refractivity contribution is 7.09. The average molecular weight is 235 g/mol. The largest absolute Gasteiger partial charge is 0.477 e. The van der Waals surface area contributed by atoms with Crippen LogP contribution in [0.25, 0.3) is 0 Å². The second-order valence-corrected chi connectivity index (χ2v) is 4.17. The van der Waals surface area contributed by atoms with Crippen molar-refractivity contribution in [3.8, 4) is 0 Å². The summed E-state index contributed by atoms with van der Waals surface area (Å²) in [6, 6.07) is 1.37. The summed E-state index contributed by atoms with van der Waals surface area (Å²) in [4.78, 5) is 22.9. The lowest BCUT2D eigenvalue weighted by molar-refractivity contribution is 0.0690. The topological polar surface area (TPSA) is 76.0 Å². The monoisotopic (exact) mass is 235 g/mol. The van der Waals surface area contributed by atoms with Crippen molar-refractivity contribution in [2.24, 2.45) is 0 Å². The molecule has 0 saturated heterocycles. The summed E-state index contributed by atoms with van der Waals surface area (Å²) in [6.45, 7) is 1.91. The Morgan fingerprint density at radius 2 is 2.31 bits per heavy atom. The van der Waals surface area contributed by atoms with Crippen LogP contribution in [0.3, 0.4) is 0 Å². The number of aromatic carboxylic acids is 1. The predicted molar refractivity (Wildman–Crippen MR) is 58.6 cm³/mol. The molecule has 0 aromatic carbocycles. The van der Waals surface area contributed by atoms with Crippen LogP contribution in [-0.4, -0.2) is 26.0 Å². The summed E-state index contributed by atoms with van der Waals surface area (Å²) in [5.74, 6) is -0.562. The maximum atomic E-state index is 10.7. The third-order valence-corrected chi connectivity index (χ3v) is 2.87. The van der Waals surface area contributed by atoms with Gasteiger partial charge in [0.05, 0.1) is 6.42 Å². The first-order valence-electron chi connectivity index (χ1n) is 4.61. The van der Waals surface area contributed by atoms with Gasteiger partial charge in [-0.1, -0.05) is 0 Å². The molecule has 2 aromatic heterocycles. The summed E-state index contributed by atoms with van der Waals surface area (Å²) >= 11 is 1.52. The Morgan fingerprint density at radius 3 is 2.94 bits per heavy atom. The molecule has 0 unspecified atom stereocenters. The first-order chi connectivity index (χ1) is 7.65. The van der Waals surface area contributed by atoms with Gasteiger partial charge < -0.3 is 5.11 Å². The van der Waals surface area contributed by atoms with Gasteiger partial charge in [0.25, 0.3) is 0 Å². The van der Waals surface area contributed by atoms with Crippen LogP contribution in [0, 0.1) is 6.92 Å². The molecule has 0 bridgehead atoms. The smallest absolute Gasteiger partial charge is 0.354 e. The number of carboxylic acid groups (broad SMARTS) is 1. The van der Waals surface area contributed by atoms with Gasteiger partial charge in [-0.15, -0.1) is 11.3 Å². The number of aromatic nitrogens is 3. The molecule has 2 aromatic rings. The Kier molecular flexibility index (Phi) is 2.91. The van der Waals surface area contributed by atoms with Crippen LogP contribution in [0.1, 0.15) is 27.0 Å². The van der Waals surface area contributed by atoms with E-state index in [-0.39, 0.29) is 5.69 Å². The molecular weight excluding hydrogens is 226 g/mol. The van der Waals surface area contributed by atoms with E-state index in [1.54, 1.807) is 0 Å². The van der Waals surface area contributed by atoms with Crippen LogP contribution >= 0.6 is 11.3 Å². The van der Waals surface area contributed by atoms with Gasteiger partial charge in [0.15, 0.2) is 5.69 Å². The van der Waals surface area contributed by atoms with Crippen molar-refractivity contribution >= 4 is 17.3 Å². The molecule has 2 heterocycles. The van der Waals surface area contributed by atoms with E-state index in [0.717, 1.165) is 10.7 Å². The molecule has 2 rings (SSSR count). The van der Waals surface area contributed by atoms with Gasteiger partial charge in [0.2, 0.25) is 0 Å². The van der Waals surface area contributed by atoms with Crippen molar-refractivity contribution in [1.29, 1.82) is 0 Å². The molecule has 0 spiro atoms. The number of nitrogens with zero attached hydrogens (tertiary/aromatic N) is 3. The van der Waals surface area contributed by atoms with Gasteiger partial charge in [0.1, 0.15) is 10.8 Å². The highest BCUT2D eigenvalue weighted by Gasteiger charge is 2.08. The minimum atomic E-state index is -1.04. The third-order valence-electron chi connectivity index (χ3n) is 1.90. The van der Waals surface area contributed by atoms with E-state index in [1.165, 1.54) is 23.6 Å². The summed E-state index contributed by atoms with van der Waals surface area (Å²) < 4.78 is 0. The lowest BCUT2D eigenvalue weighted by Crippen LogP contribution is -2.05. The Hall–Kier alpha value is -1.82. The number of carbonyl (C=O) groups is 1. The minimum Gasteiger partial charge on any atom is -0.477 e. The third kappa shape index (κ3) is 2.40. The Balaban J connectivity index is 2.21. The fraction of sp³-hybridized carbons (Fsp3) is 0.200. The molecule has 0 amide bonds. The van der Waals surface area contributed by atoms with E-state index >= 15 is 0 Å². The van der Waals surface area contributed by atoms with Crippen molar-refractivity contribution in [2.45, 2.75) is 13.3 Å². The number of aryl methyl sites for hydroxylation is 1. The quantitative estimate of drug-likeness (QED) is 0.873. The first kappa shape index (κ1) is 10.7. The van der Waals surface area contributed by atoms with Gasteiger partial charge in [-0.05, 0) is 13.0 Å². The zero-order chi connectivity index (χ0) is 11.5. The minimum absolute atomic E-state index is 0.0123. The van der Waals surface area contributed by atoms with E-state index in [9.17, 15) is 4.79 Å². The molecule has 0 fully saturated rings. The van der Waals surface area contributed by atoms with E-state index in [4.69, 9.17) is 5.11 Å². The molecule has 6 heteroatoms. The van der Waals surface area contributed by atoms with Gasteiger partial charge in [-0.25, -0.2) is 19.7 Å². The molecule has 82 valence electrons. The molecule has 0 aliphatic heterocycles. The zero-order valence-corrected chi connectivity index (χ0v) is 9.36. The fourth-order valence-electron chi connectivity index (χ4n) is 1.22. The van der Waals surface area contributed by atoms with Gasteiger partial charge in [-0.2, -0.15) is 0 Å². The molecule has 1 N–H and O–H groups in total. The Labute approximate surface area is 95.8 Å². The van der Waals surface area contributed by atoms with Crippen molar-refractivity contribution in [3.63, 3.8) is 0 Å². The van der Waals surface area contributed by atoms with Crippen LogP contribution in [0.2, 0.25) is 0 Å². The van der Waals surface area contributed by atoms with Crippen LogP contribution < -0.4 is 0 Å². The van der Waals surface area contributed by atoms with Crippen molar-refractivity contribution in [2.75, 3.05) is 0 Å². The maximum absolute atomic E-state index is 10.7. The molecule has 0 atom stereocenters. The van der Waals surface area contributed by atoms with Crippen molar-refractivity contribution in [3.05, 3.63) is 39.9 Å². The molecule has 0 radical (unpaired) electrons. The van der Waals surface area contributed by atoms with Crippen LogP contribution in [0.4, 0.5) is 0 Å². The first-order valence-corrected chi connectivity index (χ1v) is 5.49. The Morgan fingerprint density at radius 1 is 1.50 bits per heavy atom. The molecule has 16 heavy (non-hydrogen) atoms. The molecule has 5 nitrogen and oxygen atoms in total. The zero-order valence-electron chi connectivity index (χ0n) is 8.54. The number of hydrogen-bond acceptors (Lipinski definition) is 5. The number of rotatable bonds is 3. The average Bonchev–Trinajstić information content (AvgIpc) is 2.64. The summed E-state index contributed by atoms with van der Waals surface area (Å²) in [5, 5.41) is 11.6. The number of carboxylic acids is 1. The van der Waals surface area contributed by atoms with E-state index in [2.05, 4.69) is 15.0 Å². The van der Waals surface area contributed by atoms with E-state index in [0.29, 0.717) is 12.2 Å². The van der Waals surface area contributed by atoms with Gasteiger partial charge in [0, 0.05) is 17.3 Å². The molecular formula is C10H9N3O2S. The number of thiazole rings is 1. The second-order valence-electron chi connectivity index (χ2n) is 3.22. The van der Waals surface area contributed by atoms with Crippen LogP contribution in [0.15, 0.2) is 17.6 Å². The second kappa shape index (κ2) is 4.36. The predicted octanol–water partition coefficient (Wildman–Crippen LogP) is 1.53. The fourth-order valence-corrected chi connectivity index (χ4v) is 1.99. The summed E-state index contributed by atoms with van der Waals surface area (Å²) in [7, 11) is 0. The SMILES string of the molecule is Cc1csc(Cc2nccc(C(=O)O)n2)n1. The van der Waals surface area contributed by atoms with Crippen LogP contribution in [-0.2, 0) is 6.42 Å². The highest BCUT2D eigenvalue weighted by atomic mass is 32.1. The standard InChI is InChI=1S/C10H9N3O2S/c1-6-5-16-9(12-6)4-8-11-3-2-7(13-8)10(14)15/h2-3,5H,4H2,1H3,(H,14,15).